The number of hydrogen-bond donors (Lipinski definition) is 1. The van der Waals surface area contributed by atoms with Gasteiger partial charge in [0.2, 0.25) is 5.91 Å². The number of benzene rings is 1. The highest BCUT2D eigenvalue weighted by Gasteiger charge is 2.41. The fraction of sp³-hybridized carbons (Fsp3) is 0.588. The van der Waals surface area contributed by atoms with E-state index in [1.165, 1.54) is 24.0 Å². The zero-order valence-corrected chi connectivity index (χ0v) is 13.5. The van der Waals surface area contributed by atoms with Crippen molar-refractivity contribution in [3.8, 4) is 0 Å². The molecule has 1 unspecified atom stereocenters. The molecule has 0 saturated carbocycles. The fourth-order valence-corrected chi connectivity index (χ4v) is 3.58. The van der Waals surface area contributed by atoms with Crippen LogP contribution in [0.3, 0.4) is 0 Å². The number of nitrogens with zero attached hydrogens (tertiary/aromatic N) is 1. The molecule has 1 aromatic rings. The minimum atomic E-state index is 0. The van der Waals surface area contributed by atoms with Crippen LogP contribution in [-0.4, -0.2) is 37.0 Å². The molecule has 0 aromatic heterocycles. The van der Waals surface area contributed by atoms with Crippen molar-refractivity contribution < 1.29 is 4.79 Å². The monoisotopic (exact) mass is 308 g/mol. The lowest BCUT2D eigenvalue weighted by molar-refractivity contribution is -0.130. The van der Waals surface area contributed by atoms with E-state index in [0.717, 1.165) is 32.6 Å². The molecule has 0 bridgehead atoms. The highest BCUT2D eigenvalue weighted by Crippen LogP contribution is 2.36. The number of halogens is 1. The van der Waals surface area contributed by atoms with Crippen LogP contribution in [0, 0.1) is 12.3 Å². The molecule has 0 radical (unpaired) electrons. The van der Waals surface area contributed by atoms with E-state index in [1.807, 2.05) is 0 Å². The summed E-state index contributed by atoms with van der Waals surface area (Å²) in [4.78, 5) is 14.5. The van der Waals surface area contributed by atoms with Crippen molar-refractivity contribution in [2.24, 2.45) is 5.41 Å². The minimum absolute atomic E-state index is 0. The zero-order chi connectivity index (χ0) is 14.0. The van der Waals surface area contributed by atoms with Crippen LogP contribution in [0.5, 0.6) is 0 Å². The molecule has 2 fully saturated rings. The molecule has 2 heterocycles. The van der Waals surface area contributed by atoms with Gasteiger partial charge in [0.05, 0.1) is 0 Å². The van der Waals surface area contributed by atoms with Gasteiger partial charge in [-0.05, 0) is 43.9 Å². The molecule has 2 saturated heterocycles. The number of carbonyl (C=O) groups is 1. The van der Waals surface area contributed by atoms with E-state index in [4.69, 9.17) is 0 Å². The molecule has 1 N–H and O–H groups in total. The van der Waals surface area contributed by atoms with E-state index in [9.17, 15) is 4.79 Å². The quantitative estimate of drug-likeness (QED) is 0.931. The molecule has 4 heteroatoms. The van der Waals surface area contributed by atoms with Gasteiger partial charge in [-0.25, -0.2) is 0 Å². The van der Waals surface area contributed by atoms with Crippen molar-refractivity contribution in [3.63, 3.8) is 0 Å². The Kier molecular flexibility index (Phi) is 5.28. The van der Waals surface area contributed by atoms with E-state index >= 15 is 0 Å². The maximum atomic E-state index is 12.4. The molecule has 0 aliphatic carbocycles. The number of likely N-dealkylation sites (tertiary alicyclic amines) is 1. The summed E-state index contributed by atoms with van der Waals surface area (Å²) < 4.78 is 0. The number of hydrogen-bond acceptors (Lipinski definition) is 2. The van der Waals surface area contributed by atoms with Crippen molar-refractivity contribution in [3.05, 3.63) is 35.4 Å². The van der Waals surface area contributed by atoms with Crippen LogP contribution in [0.1, 0.15) is 30.4 Å². The van der Waals surface area contributed by atoms with Crippen LogP contribution in [-0.2, 0) is 11.2 Å². The summed E-state index contributed by atoms with van der Waals surface area (Å²) in [5.41, 5.74) is 2.98. The van der Waals surface area contributed by atoms with Gasteiger partial charge >= 0.3 is 0 Å². The smallest absolute Gasteiger partial charge is 0.222 e. The number of aryl methyl sites for hydroxylation is 2. The van der Waals surface area contributed by atoms with E-state index in [-0.39, 0.29) is 12.4 Å². The molecule has 1 amide bonds. The molecule has 3 rings (SSSR count). The number of rotatable bonds is 3. The Hall–Kier alpha value is -1.06. The second-order valence-corrected chi connectivity index (χ2v) is 6.42. The standard InChI is InChI=1S/C17H24N2O.ClH/c1-14-4-2-3-5-15(14)6-7-16(20)19-11-9-17(13-19)8-10-18-12-17;/h2-5,18H,6-13H2,1H3;1H. The topological polar surface area (TPSA) is 32.3 Å². The number of carbonyl (C=O) groups excluding carboxylic acids is 1. The summed E-state index contributed by atoms with van der Waals surface area (Å²) in [6, 6.07) is 8.36. The van der Waals surface area contributed by atoms with Gasteiger partial charge in [-0.1, -0.05) is 24.3 Å². The Morgan fingerprint density at radius 1 is 1.33 bits per heavy atom. The molecule has 1 spiro atoms. The first-order chi connectivity index (χ1) is 9.69. The predicted octanol–water partition coefficient (Wildman–Crippen LogP) is 2.56. The van der Waals surface area contributed by atoms with Crippen LogP contribution >= 0.6 is 12.4 Å². The highest BCUT2D eigenvalue weighted by molar-refractivity contribution is 5.85. The van der Waals surface area contributed by atoms with Crippen LogP contribution < -0.4 is 5.32 Å². The van der Waals surface area contributed by atoms with Crippen LogP contribution in [0.2, 0.25) is 0 Å². The molecular formula is C17H25ClN2O. The summed E-state index contributed by atoms with van der Waals surface area (Å²) in [6.07, 6.45) is 3.92. The normalized spacial score (nSPS) is 24.3. The van der Waals surface area contributed by atoms with Crippen molar-refractivity contribution in [1.82, 2.24) is 10.2 Å². The summed E-state index contributed by atoms with van der Waals surface area (Å²) >= 11 is 0. The molecule has 2 aliphatic heterocycles. The van der Waals surface area contributed by atoms with Gasteiger partial charge in [0, 0.05) is 31.5 Å². The van der Waals surface area contributed by atoms with Crippen LogP contribution in [0.4, 0.5) is 0 Å². The van der Waals surface area contributed by atoms with E-state index in [0.29, 0.717) is 17.7 Å². The minimum Gasteiger partial charge on any atom is -0.342 e. The molecule has 3 nitrogen and oxygen atoms in total. The van der Waals surface area contributed by atoms with Gasteiger partial charge in [0.25, 0.3) is 0 Å². The average Bonchev–Trinajstić information content (AvgIpc) is 3.08. The maximum Gasteiger partial charge on any atom is 0.222 e. The van der Waals surface area contributed by atoms with Crippen LogP contribution in [0.15, 0.2) is 24.3 Å². The first kappa shape index (κ1) is 16.3. The lowest BCUT2D eigenvalue weighted by Crippen LogP contribution is -2.33. The van der Waals surface area contributed by atoms with Crippen molar-refractivity contribution >= 4 is 18.3 Å². The third-order valence-electron chi connectivity index (χ3n) is 4.99. The highest BCUT2D eigenvalue weighted by atomic mass is 35.5. The number of nitrogens with one attached hydrogen (secondary N) is 1. The molecule has 1 aromatic carbocycles. The molecular weight excluding hydrogens is 284 g/mol. The second kappa shape index (κ2) is 6.80. The summed E-state index contributed by atoms with van der Waals surface area (Å²) in [6.45, 7) is 6.25. The van der Waals surface area contributed by atoms with Gasteiger partial charge in [0.15, 0.2) is 0 Å². The Labute approximate surface area is 133 Å². The molecule has 21 heavy (non-hydrogen) atoms. The van der Waals surface area contributed by atoms with Gasteiger partial charge < -0.3 is 10.2 Å². The van der Waals surface area contributed by atoms with Crippen molar-refractivity contribution in [1.29, 1.82) is 0 Å². The van der Waals surface area contributed by atoms with Gasteiger partial charge in [-0.15, -0.1) is 12.4 Å². The predicted molar refractivity (Wildman–Crippen MR) is 87.9 cm³/mol. The molecule has 2 aliphatic rings. The van der Waals surface area contributed by atoms with Gasteiger partial charge in [-0.3, -0.25) is 4.79 Å². The Morgan fingerprint density at radius 3 is 2.86 bits per heavy atom. The third kappa shape index (κ3) is 3.58. The Morgan fingerprint density at radius 2 is 2.14 bits per heavy atom. The van der Waals surface area contributed by atoms with Gasteiger partial charge in [0.1, 0.15) is 0 Å². The maximum absolute atomic E-state index is 12.4. The van der Waals surface area contributed by atoms with Crippen molar-refractivity contribution in [2.45, 2.75) is 32.6 Å². The summed E-state index contributed by atoms with van der Waals surface area (Å²) in [7, 11) is 0. The first-order valence-corrected chi connectivity index (χ1v) is 7.72. The van der Waals surface area contributed by atoms with Gasteiger partial charge in [-0.2, -0.15) is 0 Å². The first-order valence-electron chi connectivity index (χ1n) is 7.72. The largest absolute Gasteiger partial charge is 0.342 e. The van der Waals surface area contributed by atoms with E-state index in [1.54, 1.807) is 0 Å². The third-order valence-corrected chi connectivity index (χ3v) is 4.99. The lowest BCUT2D eigenvalue weighted by atomic mass is 9.86. The zero-order valence-electron chi connectivity index (χ0n) is 12.7. The lowest BCUT2D eigenvalue weighted by Gasteiger charge is -2.22. The van der Waals surface area contributed by atoms with Crippen molar-refractivity contribution in [2.75, 3.05) is 26.2 Å². The Bertz CT molecular complexity index is 497. The molecule has 116 valence electrons. The average molecular weight is 309 g/mol. The Balaban J connectivity index is 0.00000161. The second-order valence-electron chi connectivity index (χ2n) is 6.42. The summed E-state index contributed by atoms with van der Waals surface area (Å²) in [5.74, 6) is 0.331. The molecule has 1 atom stereocenters. The SMILES string of the molecule is Cc1ccccc1CCC(=O)N1CCC2(CCNC2)C1.Cl. The van der Waals surface area contributed by atoms with Crippen LogP contribution in [0.25, 0.3) is 0 Å². The van der Waals surface area contributed by atoms with E-state index < -0.39 is 0 Å². The number of amides is 1. The fourth-order valence-electron chi connectivity index (χ4n) is 3.58. The van der Waals surface area contributed by atoms with E-state index in [2.05, 4.69) is 41.4 Å². The summed E-state index contributed by atoms with van der Waals surface area (Å²) in [5, 5.41) is 3.44.